The molecule has 3 rings (SSSR count). The van der Waals surface area contributed by atoms with Gasteiger partial charge in [0.05, 0.1) is 6.10 Å². The Kier molecular flexibility index (Phi) is 6.39. The lowest BCUT2D eigenvalue weighted by atomic mass is 10.1. The summed E-state index contributed by atoms with van der Waals surface area (Å²) in [4.78, 5) is 28.9. The molecule has 0 spiro atoms. The SMILES string of the molecule is O=C(NCC1CCCO1)c1ccnc(C(=O)NC2CCCCCC2)c1. The van der Waals surface area contributed by atoms with Crippen LogP contribution in [0.25, 0.3) is 0 Å². The number of nitrogens with zero attached hydrogens (tertiary/aromatic N) is 1. The largest absolute Gasteiger partial charge is 0.376 e. The van der Waals surface area contributed by atoms with E-state index in [-0.39, 0.29) is 24.0 Å². The topological polar surface area (TPSA) is 80.3 Å². The van der Waals surface area contributed by atoms with Gasteiger partial charge in [0.2, 0.25) is 0 Å². The summed E-state index contributed by atoms with van der Waals surface area (Å²) in [5, 5.41) is 5.94. The van der Waals surface area contributed by atoms with E-state index >= 15 is 0 Å². The molecule has 0 aromatic carbocycles. The van der Waals surface area contributed by atoms with Gasteiger partial charge in [-0.1, -0.05) is 25.7 Å². The first-order chi connectivity index (χ1) is 12.2. The summed E-state index contributed by atoms with van der Waals surface area (Å²) in [5.41, 5.74) is 0.757. The van der Waals surface area contributed by atoms with Gasteiger partial charge in [-0.2, -0.15) is 0 Å². The average Bonchev–Trinajstić information content (AvgIpc) is 3.03. The smallest absolute Gasteiger partial charge is 0.270 e. The van der Waals surface area contributed by atoms with Crippen molar-refractivity contribution in [2.75, 3.05) is 13.2 Å². The van der Waals surface area contributed by atoms with Crippen molar-refractivity contribution in [3.8, 4) is 0 Å². The summed E-state index contributed by atoms with van der Waals surface area (Å²) < 4.78 is 5.50. The lowest BCUT2D eigenvalue weighted by Crippen LogP contribution is -2.35. The number of carbonyl (C=O) groups excluding carboxylic acids is 2. The Morgan fingerprint density at radius 2 is 1.88 bits per heavy atom. The Bertz CT molecular complexity index is 591. The van der Waals surface area contributed by atoms with Crippen molar-refractivity contribution in [3.05, 3.63) is 29.6 Å². The lowest BCUT2D eigenvalue weighted by molar-refractivity contribution is 0.0857. The summed E-state index contributed by atoms with van der Waals surface area (Å²) in [7, 11) is 0. The van der Waals surface area contributed by atoms with Crippen LogP contribution in [0, 0.1) is 0 Å². The molecule has 2 amide bonds. The van der Waals surface area contributed by atoms with Crippen molar-refractivity contribution >= 4 is 11.8 Å². The zero-order chi connectivity index (χ0) is 17.5. The first-order valence-corrected chi connectivity index (χ1v) is 9.39. The normalized spacial score (nSPS) is 21.5. The van der Waals surface area contributed by atoms with Crippen molar-refractivity contribution in [3.63, 3.8) is 0 Å². The fourth-order valence-corrected chi connectivity index (χ4v) is 3.49. The second-order valence-electron chi connectivity index (χ2n) is 6.94. The number of rotatable bonds is 5. The molecule has 25 heavy (non-hydrogen) atoms. The average molecular weight is 345 g/mol. The quantitative estimate of drug-likeness (QED) is 0.803. The van der Waals surface area contributed by atoms with Crippen molar-refractivity contribution in [1.82, 2.24) is 15.6 Å². The summed E-state index contributed by atoms with van der Waals surface area (Å²) in [5.74, 6) is -0.387. The molecule has 2 fully saturated rings. The zero-order valence-corrected chi connectivity index (χ0v) is 14.6. The van der Waals surface area contributed by atoms with Crippen molar-refractivity contribution < 1.29 is 14.3 Å². The molecule has 1 unspecified atom stereocenters. The molecule has 1 aliphatic heterocycles. The lowest BCUT2D eigenvalue weighted by Gasteiger charge is -2.16. The number of hydrogen-bond donors (Lipinski definition) is 2. The molecule has 2 N–H and O–H groups in total. The highest BCUT2D eigenvalue weighted by atomic mass is 16.5. The number of pyridine rings is 1. The highest BCUT2D eigenvalue weighted by Gasteiger charge is 2.19. The number of aromatic nitrogens is 1. The van der Waals surface area contributed by atoms with E-state index in [9.17, 15) is 9.59 Å². The van der Waals surface area contributed by atoms with Gasteiger partial charge in [-0.3, -0.25) is 14.6 Å². The van der Waals surface area contributed by atoms with Gasteiger partial charge >= 0.3 is 0 Å². The molecule has 1 aromatic rings. The molecule has 136 valence electrons. The molecule has 0 bridgehead atoms. The molecule has 0 radical (unpaired) electrons. The zero-order valence-electron chi connectivity index (χ0n) is 14.6. The van der Waals surface area contributed by atoms with Gasteiger partial charge in [-0.05, 0) is 37.8 Å². The molecule has 6 nitrogen and oxygen atoms in total. The van der Waals surface area contributed by atoms with Gasteiger partial charge in [0.15, 0.2) is 0 Å². The molecule has 2 aliphatic rings. The van der Waals surface area contributed by atoms with Crippen molar-refractivity contribution in [2.45, 2.75) is 63.5 Å². The Morgan fingerprint density at radius 3 is 2.60 bits per heavy atom. The molecule has 1 aromatic heterocycles. The van der Waals surface area contributed by atoms with E-state index in [1.165, 1.54) is 19.0 Å². The highest BCUT2D eigenvalue weighted by Crippen LogP contribution is 2.17. The van der Waals surface area contributed by atoms with Crippen LogP contribution in [0.4, 0.5) is 0 Å². The minimum atomic E-state index is -0.194. The van der Waals surface area contributed by atoms with Gasteiger partial charge in [0, 0.05) is 31.0 Å². The Morgan fingerprint density at radius 1 is 1.08 bits per heavy atom. The second kappa shape index (κ2) is 8.94. The van der Waals surface area contributed by atoms with Gasteiger partial charge in [-0.15, -0.1) is 0 Å². The van der Waals surface area contributed by atoms with Gasteiger partial charge in [-0.25, -0.2) is 0 Å². The number of ether oxygens (including phenoxy) is 1. The maximum Gasteiger partial charge on any atom is 0.270 e. The fourth-order valence-electron chi connectivity index (χ4n) is 3.49. The van der Waals surface area contributed by atoms with E-state index < -0.39 is 0 Å². The summed E-state index contributed by atoms with van der Waals surface area (Å²) in [6.07, 6.45) is 10.5. The van der Waals surface area contributed by atoms with Gasteiger partial charge in [0.25, 0.3) is 11.8 Å². The summed E-state index contributed by atoms with van der Waals surface area (Å²) >= 11 is 0. The third kappa shape index (κ3) is 5.26. The van der Waals surface area contributed by atoms with Crippen molar-refractivity contribution in [2.24, 2.45) is 0 Å². The monoisotopic (exact) mass is 345 g/mol. The predicted molar refractivity (Wildman–Crippen MR) is 94.5 cm³/mol. The van der Waals surface area contributed by atoms with E-state index in [0.717, 1.165) is 45.1 Å². The van der Waals surface area contributed by atoms with E-state index in [1.54, 1.807) is 12.1 Å². The number of nitrogens with one attached hydrogen (secondary N) is 2. The Hall–Kier alpha value is -1.95. The molecule has 1 atom stereocenters. The van der Waals surface area contributed by atoms with Gasteiger partial charge < -0.3 is 15.4 Å². The van der Waals surface area contributed by atoms with Crippen LogP contribution in [0.3, 0.4) is 0 Å². The maximum absolute atomic E-state index is 12.4. The Labute approximate surface area is 148 Å². The van der Waals surface area contributed by atoms with Crippen LogP contribution in [-0.4, -0.2) is 42.1 Å². The first kappa shape index (κ1) is 17.9. The number of amides is 2. The van der Waals surface area contributed by atoms with E-state index in [0.29, 0.717) is 17.8 Å². The van der Waals surface area contributed by atoms with E-state index in [1.807, 2.05) is 0 Å². The first-order valence-electron chi connectivity index (χ1n) is 9.39. The molecular weight excluding hydrogens is 318 g/mol. The predicted octanol–water partition coefficient (Wildman–Crippen LogP) is 2.44. The molecule has 1 saturated heterocycles. The standard InChI is InChI=1S/C19H27N3O3/c23-18(21-13-16-8-5-11-25-16)14-9-10-20-17(12-14)19(24)22-15-6-3-1-2-4-7-15/h9-10,12,15-16H,1-8,11,13H2,(H,21,23)(H,22,24). The highest BCUT2D eigenvalue weighted by molar-refractivity contribution is 5.98. The van der Waals surface area contributed by atoms with Crippen LogP contribution >= 0.6 is 0 Å². The second-order valence-corrected chi connectivity index (χ2v) is 6.94. The Balaban J connectivity index is 1.55. The van der Waals surface area contributed by atoms with Crippen LogP contribution in [-0.2, 0) is 4.74 Å². The van der Waals surface area contributed by atoms with Crippen LogP contribution in [0.1, 0.15) is 72.2 Å². The van der Waals surface area contributed by atoms with Crippen LogP contribution < -0.4 is 10.6 Å². The number of carbonyl (C=O) groups is 2. The molecular formula is C19H27N3O3. The number of hydrogen-bond acceptors (Lipinski definition) is 4. The van der Waals surface area contributed by atoms with Crippen LogP contribution in [0.2, 0.25) is 0 Å². The van der Waals surface area contributed by atoms with Crippen LogP contribution in [0.15, 0.2) is 18.3 Å². The summed E-state index contributed by atoms with van der Waals surface area (Å²) in [6, 6.07) is 3.42. The molecule has 1 saturated carbocycles. The molecule has 6 heteroatoms. The third-order valence-corrected chi connectivity index (χ3v) is 4.96. The van der Waals surface area contributed by atoms with E-state index in [2.05, 4.69) is 15.6 Å². The van der Waals surface area contributed by atoms with Crippen molar-refractivity contribution in [1.29, 1.82) is 0 Å². The van der Waals surface area contributed by atoms with Crippen LogP contribution in [0.5, 0.6) is 0 Å². The maximum atomic E-state index is 12.4. The minimum absolute atomic E-state index is 0.101. The van der Waals surface area contributed by atoms with Gasteiger partial charge in [0.1, 0.15) is 5.69 Å². The van der Waals surface area contributed by atoms with E-state index in [4.69, 9.17) is 4.74 Å². The molecule has 1 aliphatic carbocycles. The fraction of sp³-hybridized carbons (Fsp3) is 0.632. The minimum Gasteiger partial charge on any atom is -0.376 e. The third-order valence-electron chi connectivity index (χ3n) is 4.96. The molecule has 2 heterocycles. The summed E-state index contributed by atoms with van der Waals surface area (Å²) in [6.45, 7) is 1.27.